The summed E-state index contributed by atoms with van der Waals surface area (Å²) in [5.41, 5.74) is -0.462. The summed E-state index contributed by atoms with van der Waals surface area (Å²) in [5.74, 6) is -2.50. The van der Waals surface area contributed by atoms with E-state index in [2.05, 4.69) is 13.2 Å². The smallest absolute Gasteiger partial charge is 0.253 e. The second kappa shape index (κ2) is 13.9. The Bertz CT molecular complexity index is 1730. The van der Waals surface area contributed by atoms with Crippen LogP contribution in [0.3, 0.4) is 0 Å². The molecule has 7 atom stereocenters. The van der Waals surface area contributed by atoms with Crippen LogP contribution in [-0.4, -0.2) is 75.6 Å². The van der Waals surface area contributed by atoms with Crippen molar-refractivity contribution < 1.29 is 24.2 Å². The van der Waals surface area contributed by atoms with Crippen LogP contribution in [0, 0.1) is 17.8 Å². The standard InChI is InChI=1S/C41H49N3O5/c1-6-23-42(26-29-15-11-10-12-16-29)37(46)34-35-38(47)44(33(27-45)28(5)8-3)36(41(35)22-21-40(34,9-4)49-41)39(48)43(24-7-2)32-20-19-30-17-13-14-18-31(30)25-32/h6-7,10-20,25,28,33-36,45H,1-2,8-9,21-24,26-27H2,3-5H3/t28-,33-,34-,35-,36?,40+,41?/m0/s1. The highest BCUT2D eigenvalue weighted by Gasteiger charge is 2.79. The van der Waals surface area contributed by atoms with E-state index in [-0.39, 0.29) is 36.8 Å². The molecule has 3 aliphatic rings. The summed E-state index contributed by atoms with van der Waals surface area (Å²) >= 11 is 0. The van der Waals surface area contributed by atoms with Crippen LogP contribution in [0.5, 0.6) is 0 Å². The fourth-order valence-corrected chi connectivity index (χ4v) is 8.81. The first kappa shape index (κ1) is 34.6. The summed E-state index contributed by atoms with van der Waals surface area (Å²) in [5, 5.41) is 12.9. The van der Waals surface area contributed by atoms with Gasteiger partial charge in [0, 0.05) is 25.3 Å². The van der Waals surface area contributed by atoms with Crippen molar-refractivity contribution in [1.82, 2.24) is 9.80 Å². The van der Waals surface area contributed by atoms with Crippen LogP contribution in [-0.2, 0) is 25.7 Å². The molecule has 258 valence electrons. The van der Waals surface area contributed by atoms with Crippen LogP contribution in [0.4, 0.5) is 5.69 Å². The maximum Gasteiger partial charge on any atom is 0.253 e. The average Bonchev–Trinajstić information content (AvgIpc) is 3.74. The summed E-state index contributed by atoms with van der Waals surface area (Å²) in [6.45, 7) is 14.5. The highest BCUT2D eigenvalue weighted by molar-refractivity contribution is 6.06. The highest BCUT2D eigenvalue weighted by Crippen LogP contribution is 2.65. The molecule has 2 unspecified atom stereocenters. The predicted octanol–water partition coefficient (Wildman–Crippen LogP) is 6.14. The van der Waals surface area contributed by atoms with Crippen molar-refractivity contribution in [3.8, 4) is 0 Å². The fourth-order valence-electron chi connectivity index (χ4n) is 8.81. The largest absolute Gasteiger partial charge is 0.394 e. The molecule has 0 aliphatic carbocycles. The van der Waals surface area contributed by atoms with E-state index in [0.29, 0.717) is 44.5 Å². The lowest BCUT2D eigenvalue weighted by Gasteiger charge is -2.41. The van der Waals surface area contributed by atoms with Crippen LogP contribution in [0.15, 0.2) is 98.1 Å². The lowest BCUT2D eigenvalue weighted by molar-refractivity contribution is -0.154. The van der Waals surface area contributed by atoms with Crippen LogP contribution in [0.1, 0.15) is 52.0 Å². The minimum atomic E-state index is -1.23. The van der Waals surface area contributed by atoms with E-state index in [1.807, 2.05) is 93.6 Å². The molecule has 49 heavy (non-hydrogen) atoms. The van der Waals surface area contributed by atoms with Crippen molar-refractivity contribution in [2.75, 3.05) is 24.6 Å². The molecule has 3 heterocycles. The number of carbonyl (C=O) groups is 3. The average molecular weight is 664 g/mol. The molecule has 1 N–H and O–H groups in total. The molecule has 3 aromatic rings. The monoisotopic (exact) mass is 663 g/mol. The Hall–Kier alpha value is -4.27. The van der Waals surface area contributed by atoms with Crippen molar-refractivity contribution in [3.05, 3.63) is 104 Å². The number of carbonyl (C=O) groups excluding carboxylic acids is 3. The van der Waals surface area contributed by atoms with Gasteiger partial charge in [0.1, 0.15) is 11.6 Å². The third-order valence-corrected chi connectivity index (χ3v) is 11.5. The van der Waals surface area contributed by atoms with E-state index in [9.17, 15) is 9.90 Å². The molecule has 3 aromatic carbocycles. The zero-order valence-electron chi connectivity index (χ0n) is 29.0. The molecule has 3 aliphatic heterocycles. The number of likely N-dealkylation sites (tertiary alicyclic amines) is 1. The number of ether oxygens (including phenoxy) is 1. The van der Waals surface area contributed by atoms with Gasteiger partial charge < -0.3 is 24.5 Å². The molecule has 3 fully saturated rings. The Morgan fingerprint density at radius 1 is 0.980 bits per heavy atom. The predicted molar refractivity (Wildman–Crippen MR) is 193 cm³/mol. The minimum Gasteiger partial charge on any atom is -0.394 e. The Labute approximate surface area is 290 Å². The molecular formula is C41H49N3O5. The van der Waals surface area contributed by atoms with Gasteiger partial charge in [-0.25, -0.2) is 0 Å². The summed E-state index contributed by atoms with van der Waals surface area (Å²) < 4.78 is 7.12. The number of aliphatic hydroxyl groups is 1. The Morgan fingerprint density at radius 2 is 1.67 bits per heavy atom. The first-order valence-electron chi connectivity index (χ1n) is 17.7. The van der Waals surface area contributed by atoms with Gasteiger partial charge in [0.05, 0.1) is 30.1 Å². The van der Waals surface area contributed by atoms with Gasteiger partial charge in [0.15, 0.2) is 0 Å². The first-order chi connectivity index (χ1) is 23.7. The molecule has 8 heteroatoms. The molecule has 0 radical (unpaired) electrons. The van der Waals surface area contributed by atoms with Gasteiger partial charge in [0.2, 0.25) is 11.8 Å². The van der Waals surface area contributed by atoms with Crippen molar-refractivity contribution in [3.63, 3.8) is 0 Å². The number of aliphatic hydroxyl groups excluding tert-OH is 1. The quantitative estimate of drug-likeness (QED) is 0.210. The van der Waals surface area contributed by atoms with E-state index in [1.54, 1.807) is 26.9 Å². The maximum absolute atomic E-state index is 15.2. The van der Waals surface area contributed by atoms with Crippen molar-refractivity contribution in [1.29, 1.82) is 0 Å². The zero-order valence-corrected chi connectivity index (χ0v) is 29.0. The second-order valence-electron chi connectivity index (χ2n) is 14.0. The Kier molecular flexibility index (Phi) is 9.83. The number of hydrogen-bond donors (Lipinski definition) is 1. The number of fused-ring (bicyclic) bond motifs is 2. The molecule has 3 saturated heterocycles. The highest BCUT2D eigenvalue weighted by atomic mass is 16.5. The second-order valence-corrected chi connectivity index (χ2v) is 14.0. The number of anilines is 1. The van der Waals surface area contributed by atoms with Gasteiger partial charge in [-0.15, -0.1) is 13.2 Å². The maximum atomic E-state index is 15.2. The number of rotatable bonds is 14. The molecule has 0 aromatic heterocycles. The first-order valence-corrected chi connectivity index (χ1v) is 17.7. The number of hydrogen-bond acceptors (Lipinski definition) is 5. The summed E-state index contributed by atoms with van der Waals surface area (Å²) in [7, 11) is 0. The van der Waals surface area contributed by atoms with Crippen molar-refractivity contribution in [2.45, 2.75) is 76.3 Å². The summed E-state index contributed by atoms with van der Waals surface area (Å²) in [6, 6.07) is 22.0. The van der Waals surface area contributed by atoms with Crippen molar-refractivity contribution in [2.24, 2.45) is 17.8 Å². The SMILES string of the molecule is C=CCN(Cc1ccccc1)C(=O)[C@@H]1[C@H]2C(=O)N([C@@H](CO)[C@@H](C)CC)C(C(=O)N(CC=C)c3ccc4ccccc4c3)C23CC[C@@]1(CC)O3. The van der Waals surface area contributed by atoms with Crippen LogP contribution >= 0.6 is 0 Å². The molecule has 3 amide bonds. The van der Waals surface area contributed by atoms with E-state index >= 15 is 9.59 Å². The summed E-state index contributed by atoms with van der Waals surface area (Å²) in [6.07, 6.45) is 5.64. The molecule has 8 nitrogen and oxygen atoms in total. The van der Waals surface area contributed by atoms with Crippen LogP contribution < -0.4 is 4.90 Å². The molecule has 0 saturated carbocycles. The van der Waals surface area contributed by atoms with Gasteiger partial charge in [0.25, 0.3) is 5.91 Å². The molecule has 1 spiro atoms. The van der Waals surface area contributed by atoms with Gasteiger partial charge in [-0.05, 0) is 53.6 Å². The van der Waals surface area contributed by atoms with Crippen LogP contribution in [0.25, 0.3) is 10.8 Å². The normalized spacial score (nSPS) is 26.7. The zero-order chi connectivity index (χ0) is 34.9. The molecular weight excluding hydrogens is 614 g/mol. The van der Waals surface area contributed by atoms with E-state index in [0.717, 1.165) is 16.3 Å². The minimum absolute atomic E-state index is 0.102. The number of nitrogens with zero attached hydrogens (tertiary/aromatic N) is 3. The number of amides is 3. The van der Waals surface area contributed by atoms with Crippen molar-refractivity contribution >= 4 is 34.2 Å². The molecule has 2 bridgehead atoms. The van der Waals surface area contributed by atoms with Crippen LogP contribution in [0.2, 0.25) is 0 Å². The van der Waals surface area contributed by atoms with E-state index < -0.39 is 35.1 Å². The topological polar surface area (TPSA) is 90.4 Å². The van der Waals surface area contributed by atoms with Gasteiger partial charge in [-0.3, -0.25) is 14.4 Å². The van der Waals surface area contributed by atoms with E-state index in [4.69, 9.17) is 4.74 Å². The lowest BCUT2D eigenvalue weighted by Crippen LogP contribution is -2.60. The summed E-state index contributed by atoms with van der Waals surface area (Å²) in [4.78, 5) is 50.2. The number of benzene rings is 3. The fraction of sp³-hybridized carbons (Fsp3) is 0.439. The van der Waals surface area contributed by atoms with Gasteiger partial charge in [-0.2, -0.15) is 0 Å². The van der Waals surface area contributed by atoms with E-state index in [1.165, 1.54) is 0 Å². The Morgan fingerprint density at radius 3 is 2.33 bits per heavy atom. The molecule has 6 rings (SSSR count). The third kappa shape index (κ3) is 5.69. The Balaban J connectivity index is 1.47. The third-order valence-electron chi connectivity index (χ3n) is 11.5. The van der Waals surface area contributed by atoms with Gasteiger partial charge >= 0.3 is 0 Å². The lowest BCUT2D eigenvalue weighted by atomic mass is 9.64. The van der Waals surface area contributed by atoms with Gasteiger partial charge in [-0.1, -0.05) is 100 Å².